The van der Waals surface area contributed by atoms with E-state index in [0.717, 1.165) is 14.8 Å². The van der Waals surface area contributed by atoms with Crippen molar-refractivity contribution < 1.29 is 19.1 Å². The van der Waals surface area contributed by atoms with Gasteiger partial charge in [0.1, 0.15) is 12.2 Å². The number of esters is 1. The summed E-state index contributed by atoms with van der Waals surface area (Å²) in [6.45, 7) is 8.47. The van der Waals surface area contributed by atoms with Crippen molar-refractivity contribution in [2.45, 2.75) is 33.0 Å². The van der Waals surface area contributed by atoms with Gasteiger partial charge in [-0.3, -0.25) is 0 Å². The molecule has 0 aliphatic carbocycles. The van der Waals surface area contributed by atoms with Gasteiger partial charge in [-0.05, 0) is 67.1 Å². The molecule has 2 aromatic carbocycles. The highest BCUT2D eigenvalue weighted by Crippen LogP contribution is 2.24. The van der Waals surface area contributed by atoms with Gasteiger partial charge >= 0.3 is 12.1 Å². The Morgan fingerprint density at radius 1 is 1.00 bits per heavy atom. The van der Waals surface area contributed by atoms with Crippen LogP contribution in [0.1, 0.15) is 36.7 Å². The average molecular weight is 522 g/mol. The summed E-state index contributed by atoms with van der Waals surface area (Å²) in [6.07, 6.45) is -0.284. The van der Waals surface area contributed by atoms with Crippen molar-refractivity contribution in [1.29, 1.82) is 0 Å². The van der Waals surface area contributed by atoms with Crippen molar-refractivity contribution in [1.82, 2.24) is 4.90 Å². The van der Waals surface area contributed by atoms with E-state index in [-0.39, 0.29) is 18.7 Å². The molecular formula is C23H27IN2O4. The molecule has 0 radical (unpaired) electrons. The van der Waals surface area contributed by atoms with Crippen LogP contribution in [0, 0.1) is 3.57 Å². The predicted octanol–water partition coefficient (Wildman–Crippen LogP) is 4.71. The molecule has 1 saturated heterocycles. The third-order valence-electron chi connectivity index (χ3n) is 4.68. The summed E-state index contributed by atoms with van der Waals surface area (Å²) >= 11 is 2.17. The molecule has 7 heteroatoms. The number of ether oxygens (including phenoxy) is 2. The highest BCUT2D eigenvalue weighted by atomic mass is 127. The van der Waals surface area contributed by atoms with Crippen LogP contribution < -0.4 is 4.90 Å². The zero-order valence-corrected chi connectivity index (χ0v) is 19.7. The van der Waals surface area contributed by atoms with Crippen molar-refractivity contribution in [3.05, 3.63) is 63.2 Å². The first kappa shape index (κ1) is 22.4. The fraction of sp³-hybridized carbons (Fsp3) is 0.391. The summed E-state index contributed by atoms with van der Waals surface area (Å²) in [7, 11) is 0. The van der Waals surface area contributed by atoms with Gasteiger partial charge in [0.2, 0.25) is 0 Å². The van der Waals surface area contributed by atoms with Crippen LogP contribution in [-0.2, 0) is 16.1 Å². The number of carbonyl (C=O) groups is 2. The second-order valence-corrected chi connectivity index (χ2v) is 9.34. The minimum atomic E-state index is -0.524. The Kier molecular flexibility index (Phi) is 7.23. The van der Waals surface area contributed by atoms with Crippen LogP contribution in [0.25, 0.3) is 0 Å². The standard InChI is InChI=1S/C23H27IN2O4/c1-23(2,3)30-21(27)19-10-9-18(15-20(19)24)25-11-13-26(14-12-25)22(28)29-16-17-7-5-4-6-8-17/h4-10,15H,11-14,16H2,1-3H3. The van der Waals surface area contributed by atoms with Gasteiger partial charge in [-0.15, -0.1) is 0 Å². The molecule has 0 spiro atoms. The molecule has 160 valence electrons. The Morgan fingerprint density at radius 2 is 1.67 bits per heavy atom. The van der Waals surface area contributed by atoms with Crippen LogP contribution in [0.4, 0.5) is 10.5 Å². The maximum absolute atomic E-state index is 12.4. The maximum atomic E-state index is 12.4. The minimum absolute atomic E-state index is 0.282. The first-order valence-electron chi connectivity index (χ1n) is 9.96. The summed E-state index contributed by atoms with van der Waals surface area (Å²) in [5.74, 6) is -0.315. The van der Waals surface area contributed by atoms with Gasteiger partial charge in [0, 0.05) is 35.4 Å². The third-order valence-corrected chi connectivity index (χ3v) is 5.57. The fourth-order valence-corrected chi connectivity index (χ4v) is 3.88. The number of anilines is 1. The molecule has 1 fully saturated rings. The summed E-state index contributed by atoms with van der Waals surface area (Å²) < 4.78 is 11.7. The van der Waals surface area contributed by atoms with E-state index in [4.69, 9.17) is 9.47 Å². The number of benzene rings is 2. The molecule has 0 N–H and O–H groups in total. The number of amides is 1. The van der Waals surface area contributed by atoms with E-state index >= 15 is 0 Å². The molecule has 0 bridgehead atoms. The Bertz CT molecular complexity index is 888. The summed E-state index contributed by atoms with van der Waals surface area (Å²) in [5, 5.41) is 0. The fourth-order valence-electron chi connectivity index (χ4n) is 3.16. The topological polar surface area (TPSA) is 59.1 Å². The lowest BCUT2D eigenvalue weighted by atomic mass is 10.1. The van der Waals surface area contributed by atoms with E-state index in [1.807, 2.05) is 69.3 Å². The molecule has 0 saturated carbocycles. The first-order chi connectivity index (χ1) is 14.2. The molecule has 2 aromatic rings. The molecule has 0 atom stereocenters. The highest BCUT2D eigenvalue weighted by Gasteiger charge is 2.24. The van der Waals surface area contributed by atoms with E-state index in [1.165, 1.54) is 0 Å². The summed E-state index contributed by atoms with van der Waals surface area (Å²) in [5.41, 5.74) is 2.05. The smallest absolute Gasteiger partial charge is 0.410 e. The molecule has 1 amide bonds. The Hall–Kier alpha value is -2.29. The molecule has 0 unspecified atom stereocenters. The number of rotatable bonds is 4. The van der Waals surface area contributed by atoms with E-state index in [1.54, 1.807) is 4.90 Å². The lowest BCUT2D eigenvalue weighted by Crippen LogP contribution is -2.49. The van der Waals surface area contributed by atoms with Crippen molar-refractivity contribution in [2.75, 3.05) is 31.1 Å². The van der Waals surface area contributed by atoms with E-state index in [0.29, 0.717) is 31.7 Å². The van der Waals surface area contributed by atoms with Crippen molar-refractivity contribution >= 4 is 40.3 Å². The molecular weight excluding hydrogens is 495 g/mol. The minimum Gasteiger partial charge on any atom is -0.456 e. The van der Waals surface area contributed by atoms with Crippen molar-refractivity contribution in [2.24, 2.45) is 0 Å². The third kappa shape index (κ3) is 6.10. The first-order valence-corrected chi connectivity index (χ1v) is 11.0. The summed E-state index contributed by atoms with van der Waals surface area (Å²) in [6, 6.07) is 15.4. The second-order valence-electron chi connectivity index (χ2n) is 8.18. The van der Waals surface area contributed by atoms with E-state index in [9.17, 15) is 9.59 Å². The molecule has 3 rings (SSSR count). The number of carbonyl (C=O) groups excluding carboxylic acids is 2. The second kappa shape index (κ2) is 9.68. The molecule has 30 heavy (non-hydrogen) atoms. The van der Waals surface area contributed by atoms with Crippen molar-refractivity contribution in [3.63, 3.8) is 0 Å². The van der Waals surface area contributed by atoms with Gasteiger partial charge in [0.25, 0.3) is 0 Å². The molecule has 1 aliphatic rings. The zero-order valence-electron chi connectivity index (χ0n) is 17.6. The van der Waals surface area contributed by atoms with Gasteiger partial charge in [0.05, 0.1) is 5.56 Å². The Morgan fingerprint density at radius 3 is 2.27 bits per heavy atom. The van der Waals surface area contributed by atoms with Gasteiger partial charge < -0.3 is 19.3 Å². The molecule has 1 heterocycles. The molecule has 0 aromatic heterocycles. The number of hydrogen-bond donors (Lipinski definition) is 0. The van der Waals surface area contributed by atoms with E-state index in [2.05, 4.69) is 27.5 Å². The van der Waals surface area contributed by atoms with Gasteiger partial charge in [-0.25, -0.2) is 9.59 Å². The number of nitrogens with zero attached hydrogens (tertiary/aromatic N) is 2. The zero-order chi connectivity index (χ0) is 21.7. The largest absolute Gasteiger partial charge is 0.456 e. The quantitative estimate of drug-likeness (QED) is 0.431. The Balaban J connectivity index is 1.54. The van der Waals surface area contributed by atoms with Crippen LogP contribution in [-0.4, -0.2) is 48.7 Å². The molecule has 1 aliphatic heterocycles. The number of piperazine rings is 1. The van der Waals surface area contributed by atoms with Crippen LogP contribution in [0.2, 0.25) is 0 Å². The maximum Gasteiger partial charge on any atom is 0.410 e. The monoisotopic (exact) mass is 522 g/mol. The number of halogens is 1. The highest BCUT2D eigenvalue weighted by molar-refractivity contribution is 14.1. The normalized spacial score (nSPS) is 14.4. The Labute approximate surface area is 191 Å². The van der Waals surface area contributed by atoms with Gasteiger partial charge in [-0.2, -0.15) is 0 Å². The van der Waals surface area contributed by atoms with Gasteiger partial charge in [-0.1, -0.05) is 30.3 Å². The summed E-state index contributed by atoms with van der Waals surface area (Å²) in [4.78, 5) is 28.6. The van der Waals surface area contributed by atoms with Crippen LogP contribution in [0.3, 0.4) is 0 Å². The van der Waals surface area contributed by atoms with Crippen LogP contribution in [0.5, 0.6) is 0 Å². The lowest BCUT2D eigenvalue weighted by molar-refractivity contribution is 0.00682. The van der Waals surface area contributed by atoms with Crippen LogP contribution >= 0.6 is 22.6 Å². The number of hydrogen-bond acceptors (Lipinski definition) is 5. The predicted molar refractivity (Wildman–Crippen MR) is 125 cm³/mol. The lowest BCUT2D eigenvalue weighted by Gasteiger charge is -2.35. The van der Waals surface area contributed by atoms with E-state index < -0.39 is 5.60 Å². The SMILES string of the molecule is CC(C)(C)OC(=O)c1ccc(N2CCN(C(=O)OCc3ccccc3)CC2)cc1I. The van der Waals surface area contributed by atoms with Crippen molar-refractivity contribution in [3.8, 4) is 0 Å². The van der Waals surface area contributed by atoms with Crippen LogP contribution in [0.15, 0.2) is 48.5 Å². The van der Waals surface area contributed by atoms with Gasteiger partial charge in [0.15, 0.2) is 0 Å². The average Bonchev–Trinajstić information content (AvgIpc) is 2.71. The molecule has 6 nitrogen and oxygen atoms in total.